The van der Waals surface area contributed by atoms with Gasteiger partial charge in [-0.1, -0.05) is 117 Å². The summed E-state index contributed by atoms with van der Waals surface area (Å²) in [4.78, 5) is 76.7. The zero-order valence-electron chi connectivity index (χ0n) is 44.9. The molecular weight excluding hydrogens is 967 g/mol. The van der Waals surface area contributed by atoms with E-state index in [-0.39, 0.29) is 53.7 Å². The Kier molecular flexibility index (Phi) is 19.4. The Morgan fingerprint density at radius 1 is 0.455 bits per heavy atom. The second-order valence-electron chi connectivity index (χ2n) is 19.2. The number of nitriles is 3. The average molecular weight is 1030 g/mol. The second kappa shape index (κ2) is 26.2. The highest BCUT2D eigenvalue weighted by atomic mass is 16.2. The van der Waals surface area contributed by atoms with Gasteiger partial charge in [-0.2, -0.15) is 30.8 Å². The number of benzene rings is 5. The minimum Gasteiger partial charge on any atom is -0.275 e. The number of hydrogen-bond acceptors (Lipinski definition) is 12. The molecule has 0 radical (unpaired) electrons. The first-order valence-electron chi connectivity index (χ1n) is 25.6. The maximum atomic E-state index is 12.9. The lowest BCUT2D eigenvalue weighted by Crippen LogP contribution is -2.54. The maximum absolute atomic E-state index is 12.9. The van der Waals surface area contributed by atoms with Gasteiger partial charge in [0, 0.05) is 6.54 Å². The van der Waals surface area contributed by atoms with Crippen LogP contribution in [0.25, 0.3) is 0 Å². The van der Waals surface area contributed by atoms with Gasteiger partial charge in [-0.05, 0) is 137 Å². The van der Waals surface area contributed by atoms with E-state index in [0.717, 1.165) is 58.1 Å². The number of aryl methyl sites for hydroxylation is 3. The van der Waals surface area contributed by atoms with Gasteiger partial charge in [0.05, 0.1) is 47.7 Å². The van der Waals surface area contributed by atoms with Gasteiger partial charge in [-0.25, -0.2) is 10.0 Å². The van der Waals surface area contributed by atoms with Crippen molar-refractivity contribution in [1.82, 2.24) is 15.0 Å². The fourth-order valence-corrected chi connectivity index (χ4v) is 8.98. The highest BCUT2D eigenvalue weighted by Gasteiger charge is 2.40. The van der Waals surface area contributed by atoms with Gasteiger partial charge in [0.25, 0.3) is 35.4 Å². The van der Waals surface area contributed by atoms with Crippen molar-refractivity contribution in [2.45, 2.75) is 100 Å². The number of amides is 6. The molecule has 3 aliphatic rings. The minimum atomic E-state index is -0.598. The number of carbonyl (C=O) groups excluding carboxylic acids is 6. The molecule has 0 aliphatic carbocycles. The standard InChI is InChI=1S/C22H29N3O2.C21H19N3O2.C19H15N3O2/c1-5-7-10-18(6-2)15-24(19-11-8-9-16(3)12-19)25-21(26)13-17(4)20(14-23)22(25)27;1-14-4-8-17(9-5-14)23(18-10-6-15(2)7-11-18)24-20(25)12-16(3)19(13-22)21(24)26;1-14-12-18(23)22(19(24)17(14)13-20)21(15-8-4-2-5-9-15)16-10-6-3-7-11-16/h8-9,11-12,18H,5-7,10,13,15H2,1-4H3;4-11H,12H2,1-3H3;2-11H,12H2,1H3. The number of rotatable bonds is 14. The first kappa shape index (κ1) is 56.9. The summed E-state index contributed by atoms with van der Waals surface area (Å²) in [6, 6.07) is 47.0. The van der Waals surface area contributed by atoms with Crippen LogP contribution in [-0.4, -0.2) is 57.0 Å². The van der Waals surface area contributed by atoms with E-state index < -0.39 is 17.7 Å². The van der Waals surface area contributed by atoms with Crippen LogP contribution in [0.2, 0.25) is 0 Å². The summed E-state index contributed by atoms with van der Waals surface area (Å²) in [6.45, 7) is 15.8. The fraction of sp³-hybridized carbons (Fsp3) is 0.274. The molecule has 5 aromatic carbocycles. The van der Waals surface area contributed by atoms with Gasteiger partial charge in [0.15, 0.2) is 0 Å². The fourth-order valence-electron chi connectivity index (χ4n) is 8.98. The largest absolute Gasteiger partial charge is 0.290 e. The maximum Gasteiger partial charge on any atom is 0.290 e. The molecule has 0 N–H and O–H groups in total. The molecule has 1 unspecified atom stereocenters. The van der Waals surface area contributed by atoms with Crippen molar-refractivity contribution in [3.63, 3.8) is 0 Å². The van der Waals surface area contributed by atoms with Crippen molar-refractivity contribution < 1.29 is 28.8 Å². The van der Waals surface area contributed by atoms with E-state index in [2.05, 4.69) is 13.8 Å². The Balaban J connectivity index is 0.000000187. The van der Waals surface area contributed by atoms with Gasteiger partial charge in [-0.3, -0.25) is 33.8 Å². The molecule has 0 saturated carbocycles. The van der Waals surface area contributed by atoms with Crippen LogP contribution < -0.4 is 15.0 Å². The first-order chi connectivity index (χ1) is 37.0. The summed E-state index contributed by atoms with van der Waals surface area (Å²) in [6.07, 6.45) is 4.44. The molecule has 0 saturated heterocycles. The molecule has 8 rings (SSSR count). The molecule has 1 atom stereocenters. The molecule has 0 spiro atoms. The summed E-state index contributed by atoms with van der Waals surface area (Å²) in [7, 11) is 0. The van der Waals surface area contributed by atoms with Gasteiger partial charge in [0.2, 0.25) is 0 Å². The van der Waals surface area contributed by atoms with E-state index in [1.54, 1.807) is 35.8 Å². The van der Waals surface area contributed by atoms with Crippen LogP contribution in [0.15, 0.2) is 167 Å². The Labute approximate surface area is 451 Å². The number of para-hydroxylation sites is 2. The van der Waals surface area contributed by atoms with Crippen LogP contribution in [0.1, 0.15) is 96.3 Å². The normalized spacial score (nSPS) is 14.9. The molecule has 15 heteroatoms. The van der Waals surface area contributed by atoms with E-state index in [0.29, 0.717) is 51.9 Å². The summed E-state index contributed by atoms with van der Waals surface area (Å²) < 4.78 is 0. The number of nitrogens with zero attached hydrogens (tertiary/aromatic N) is 9. The molecule has 3 heterocycles. The monoisotopic (exact) mass is 1030 g/mol. The van der Waals surface area contributed by atoms with Crippen molar-refractivity contribution in [3.8, 4) is 18.2 Å². The Morgan fingerprint density at radius 2 is 0.818 bits per heavy atom. The summed E-state index contributed by atoms with van der Waals surface area (Å²) in [5, 5.41) is 36.2. The summed E-state index contributed by atoms with van der Waals surface area (Å²) in [5.41, 5.74) is 8.38. The van der Waals surface area contributed by atoms with E-state index in [1.165, 1.54) is 5.01 Å². The Bertz CT molecular complexity index is 3170. The number of hydrogen-bond donors (Lipinski definition) is 0. The van der Waals surface area contributed by atoms with Crippen LogP contribution in [0, 0.1) is 60.7 Å². The van der Waals surface area contributed by atoms with E-state index in [4.69, 9.17) is 0 Å². The van der Waals surface area contributed by atoms with Crippen molar-refractivity contribution in [3.05, 3.63) is 184 Å². The zero-order chi connectivity index (χ0) is 55.9. The third-order valence-corrected chi connectivity index (χ3v) is 13.3. The number of anilines is 5. The van der Waals surface area contributed by atoms with Crippen molar-refractivity contribution in [2.24, 2.45) is 5.92 Å². The highest BCUT2D eigenvalue weighted by Crippen LogP contribution is 2.35. The summed E-state index contributed by atoms with van der Waals surface area (Å²) >= 11 is 0. The molecular formula is C62H63N9O6. The molecule has 3 aliphatic heterocycles. The van der Waals surface area contributed by atoms with Crippen LogP contribution in [0.5, 0.6) is 0 Å². The molecule has 392 valence electrons. The number of unbranched alkanes of at least 4 members (excludes halogenated alkanes) is 1. The Hall–Kier alpha value is -9.39. The molecule has 77 heavy (non-hydrogen) atoms. The van der Waals surface area contributed by atoms with Gasteiger partial charge in [0.1, 0.15) is 34.9 Å². The average Bonchev–Trinajstić information content (AvgIpc) is 3.41. The van der Waals surface area contributed by atoms with Crippen LogP contribution in [-0.2, 0) is 28.8 Å². The second-order valence-corrected chi connectivity index (χ2v) is 19.2. The van der Waals surface area contributed by atoms with Crippen molar-refractivity contribution in [2.75, 3.05) is 21.6 Å². The smallest absolute Gasteiger partial charge is 0.275 e. The highest BCUT2D eigenvalue weighted by molar-refractivity contribution is 6.14. The lowest BCUT2D eigenvalue weighted by Gasteiger charge is -2.39. The topological polar surface area (TPSA) is 193 Å². The Morgan fingerprint density at radius 3 is 1.18 bits per heavy atom. The molecule has 6 amide bonds. The van der Waals surface area contributed by atoms with Crippen LogP contribution in [0.4, 0.5) is 28.4 Å². The van der Waals surface area contributed by atoms with Gasteiger partial charge in [-0.15, -0.1) is 0 Å². The number of hydrazine groups is 3. The van der Waals surface area contributed by atoms with Gasteiger partial charge < -0.3 is 0 Å². The van der Waals surface area contributed by atoms with Gasteiger partial charge >= 0.3 is 0 Å². The molecule has 0 fully saturated rings. The third-order valence-electron chi connectivity index (χ3n) is 13.3. The first-order valence-corrected chi connectivity index (χ1v) is 25.6. The van der Waals surface area contributed by atoms with E-state index in [1.807, 2.05) is 172 Å². The van der Waals surface area contributed by atoms with E-state index >= 15 is 0 Å². The predicted octanol–water partition coefficient (Wildman–Crippen LogP) is 11.8. The lowest BCUT2D eigenvalue weighted by atomic mass is 9.98. The lowest BCUT2D eigenvalue weighted by molar-refractivity contribution is -0.145. The molecule has 0 aromatic heterocycles. The predicted molar refractivity (Wildman–Crippen MR) is 296 cm³/mol. The van der Waals surface area contributed by atoms with Crippen molar-refractivity contribution in [1.29, 1.82) is 15.8 Å². The molecule has 5 aromatic rings. The van der Waals surface area contributed by atoms with Crippen LogP contribution >= 0.6 is 0 Å². The van der Waals surface area contributed by atoms with Crippen LogP contribution in [0.3, 0.4) is 0 Å². The SMILES string of the molecule is CC1=C(C#N)C(=O)N(N(c2ccc(C)cc2)c2ccc(C)cc2)C(=O)C1.CC1=C(C#N)C(=O)N(N(c2ccccc2)c2ccccc2)C(=O)C1.CCCCC(CC)CN(c1cccc(C)c1)N1C(=O)CC(C)=C(C#N)C1=O. The summed E-state index contributed by atoms with van der Waals surface area (Å²) in [5.74, 6) is -2.33. The number of carbonyl (C=O) groups is 6. The number of imide groups is 3. The minimum absolute atomic E-state index is 0.0199. The molecule has 0 bridgehead atoms. The van der Waals surface area contributed by atoms with E-state index in [9.17, 15) is 44.6 Å². The third kappa shape index (κ3) is 13.3. The zero-order valence-corrected chi connectivity index (χ0v) is 44.9. The van der Waals surface area contributed by atoms with Crippen molar-refractivity contribution >= 4 is 63.9 Å². The molecule has 15 nitrogen and oxygen atoms in total. The quantitative estimate of drug-likeness (QED) is 0.0957.